The van der Waals surface area contributed by atoms with E-state index < -0.39 is 73.8 Å². The van der Waals surface area contributed by atoms with Crippen LogP contribution in [0.3, 0.4) is 0 Å². The maximum Gasteiger partial charge on any atom is 0.408 e. The molecule has 1 aromatic carbocycles. The molecular formula is C42H57N5O10S. The van der Waals surface area contributed by atoms with E-state index in [0.717, 1.165) is 37.7 Å². The Bertz CT molecular complexity index is 2090. The van der Waals surface area contributed by atoms with Crippen LogP contribution in [0.2, 0.25) is 0 Å². The van der Waals surface area contributed by atoms with Gasteiger partial charge in [-0.1, -0.05) is 25.0 Å². The quantitative estimate of drug-likeness (QED) is 0.285. The Balaban J connectivity index is 1.22. The van der Waals surface area contributed by atoms with Crippen LogP contribution in [0, 0.1) is 12.8 Å². The number of amides is 4. The number of aryl methyl sites for hydroxylation is 1. The van der Waals surface area contributed by atoms with Crippen molar-refractivity contribution >= 4 is 44.7 Å². The number of alkyl carbamates (subject to hydrolysis) is 1. The van der Waals surface area contributed by atoms with E-state index in [0.29, 0.717) is 60.4 Å². The lowest BCUT2D eigenvalue weighted by Gasteiger charge is -2.30. The molecule has 58 heavy (non-hydrogen) atoms. The van der Waals surface area contributed by atoms with Crippen LogP contribution in [0.15, 0.2) is 30.4 Å². The van der Waals surface area contributed by atoms with Gasteiger partial charge >= 0.3 is 6.09 Å². The van der Waals surface area contributed by atoms with E-state index in [-0.39, 0.29) is 25.5 Å². The van der Waals surface area contributed by atoms with E-state index in [9.17, 15) is 27.6 Å². The topological polar surface area (TPSA) is 192 Å². The highest BCUT2D eigenvalue weighted by molar-refractivity contribution is 7.91. The highest BCUT2D eigenvalue weighted by Crippen LogP contribution is 2.48. The SMILES string of the molecule is COc1ccc2c(O[C@@H]3C[C@H]4C(=O)N[C@]5(C(=O)NS(=O)(=O)C6(C)CC6)C[C@H]5/C=C\CCCCC[C@H](NC(=O)OC(C)(C)C)C(=O)N4C3)cc(OC3CCC3)nc2c1C. The van der Waals surface area contributed by atoms with E-state index in [1.807, 2.05) is 31.2 Å². The lowest BCUT2D eigenvalue weighted by molar-refractivity contribution is -0.141. The van der Waals surface area contributed by atoms with Crippen molar-refractivity contribution in [3.63, 3.8) is 0 Å². The molecule has 0 radical (unpaired) electrons. The van der Waals surface area contributed by atoms with Crippen molar-refractivity contribution in [2.45, 2.75) is 152 Å². The molecule has 1 aromatic heterocycles. The fourth-order valence-electron chi connectivity index (χ4n) is 7.97. The minimum Gasteiger partial charge on any atom is -0.496 e. The van der Waals surface area contributed by atoms with Crippen molar-refractivity contribution in [1.82, 2.24) is 25.2 Å². The van der Waals surface area contributed by atoms with Crippen molar-refractivity contribution in [1.29, 1.82) is 0 Å². The summed E-state index contributed by atoms with van der Waals surface area (Å²) in [5, 5.41) is 6.38. The van der Waals surface area contributed by atoms with E-state index in [1.54, 1.807) is 40.9 Å². The van der Waals surface area contributed by atoms with E-state index in [2.05, 4.69) is 15.4 Å². The average molecular weight is 824 g/mol. The third-order valence-corrected chi connectivity index (χ3v) is 14.3. The Labute approximate surface area is 340 Å². The number of nitrogens with one attached hydrogen (secondary N) is 3. The van der Waals surface area contributed by atoms with Crippen molar-refractivity contribution in [2.24, 2.45) is 5.92 Å². The largest absolute Gasteiger partial charge is 0.496 e. The van der Waals surface area contributed by atoms with Crippen LogP contribution in [0.25, 0.3) is 10.9 Å². The molecule has 5 atom stereocenters. The first kappa shape index (κ1) is 41.6. The molecule has 15 nitrogen and oxygen atoms in total. The van der Waals surface area contributed by atoms with E-state index >= 15 is 0 Å². The molecule has 0 unspecified atom stereocenters. The summed E-state index contributed by atoms with van der Waals surface area (Å²) in [4.78, 5) is 62.5. The monoisotopic (exact) mass is 823 g/mol. The number of benzene rings is 1. The second kappa shape index (κ2) is 15.9. The van der Waals surface area contributed by atoms with Crippen LogP contribution in [-0.4, -0.2) is 95.9 Å². The number of fused-ring (bicyclic) bond motifs is 3. The molecule has 3 heterocycles. The second-order valence-corrected chi connectivity index (χ2v) is 20.0. The number of sulfonamides is 1. The number of carbonyl (C=O) groups excluding carboxylic acids is 4. The van der Waals surface area contributed by atoms with Crippen LogP contribution >= 0.6 is 0 Å². The van der Waals surface area contributed by atoms with E-state index in [4.69, 9.17) is 23.9 Å². The van der Waals surface area contributed by atoms with Gasteiger partial charge in [0, 0.05) is 29.4 Å². The van der Waals surface area contributed by atoms with Gasteiger partial charge in [0.2, 0.25) is 27.7 Å². The Morgan fingerprint density at radius 1 is 1.00 bits per heavy atom. The summed E-state index contributed by atoms with van der Waals surface area (Å²) in [6.07, 6.45) is 9.59. The second-order valence-electron chi connectivity index (χ2n) is 17.8. The normalized spacial score (nSPS) is 28.0. The predicted octanol–water partition coefficient (Wildman–Crippen LogP) is 5.12. The van der Waals surface area contributed by atoms with Crippen molar-refractivity contribution in [3.8, 4) is 17.4 Å². The Kier molecular flexibility index (Phi) is 11.4. The molecule has 0 bridgehead atoms. The Hall–Kier alpha value is -4.60. The molecule has 16 heteroatoms. The van der Waals surface area contributed by atoms with Crippen molar-refractivity contribution in [2.75, 3.05) is 13.7 Å². The van der Waals surface area contributed by atoms with Gasteiger partial charge in [-0.3, -0.25) is 19.1 Å². The van der Waals surface area contributed by atoms with Crippen LogP contribution in [0.1, 0.15) is 110 Å². The molecule has 316 valence electrons. The van der Waals surface area contributed by atoms with Crippen molar-refractivity contribution < 1.29 is 46.5 Å². The standard InChI is InChI=1S/C42H57N5O10S/c1-25-32(54-6)18-17-29-33(22-34(44-35(25)29)56-27-14-12-15-27)55-28-21-31-36(48)45-42(38(50)46-58(52,53)41(5)19-20-41)23-26(42)13-10-8-7-9-11-16-30(37(49)47(31)24-28)43-39(51)57-40(2,3)4/h10,13,17-18,22,26-28,30-31H,7-9,11-12,14-16,19-21,23-24H2,1-6H3,(H,43,51)(H,45,48)(H,46,50)/b13-10-/t26-,28-,30+,31+,42-/m1/s1. The third kappa shape index (κ3) is 8.71. The van der Waals surface area contributed by atoms with Gasteiger partial charge in [-0.2, -0.15) is 0 Å². The van der Waals surface area contributed by atoms with Gasteiger partial charge in [0.1, 0.15) is 46.9 Å². The number of hydrogen-bond acceptors (Lipinski definition) is 11. The molecule has 2 aromatic rings. The molecule has 4 amide bonds. The van der Waals surface area contributed by atoms with Crippen LogP contribution < -0.4 is 29.6 Å². The first-order chi connectivity index (χ1) is 27.4. The number of allylic oxidation sites excluding steroid dienone is 1. The van der Waals surface area contributed by atoms with Crippen LogP contribution in [0.5, 0.6) is 17.4 Å². The molecule has 4 fully saturated rings. The number of methoxy groups -OCH3 is 1. The summed E-state index contributed by atoms with van der Waals surface area (Å²) >= 11 is 0. The van der Waals surface area contributed by atoms with Crippen LogP contribution in [-0.2, 0) is 29.1 Å². The summed E-state index contributed by atoms with van der Waals surface area (Å²) in [5.41, 5.74) is -0.918. The molecule has 1 saturated heterocycles. The smallest absolute Gasteiger partial charge is 0.408 e. The first-order valence-electron chi connectivity index (χ1n) is 20.6. The number of pyridine rings is 1. The van der Waals surface area contributed by atoms with Gasteiger partial charge in [-0.15, -0.1) is 0 Å². The van der Waals surface area contributed by atoms with Gasteiger partial charge in [0.05, 0.1) is 23.9 Å². The summed E-state index contributed by atoms with van der Waals surface area (Å²) in [6.45, 7) is 8.68. The number of nitrogens with zero attached hydrogens (tertiary/aromatic N) is 2. The minimum atomic E-state index is -4.00. The number of carbonyl (C=O) groups is 4. The lowest BCUT2D eigenvalue weighted by Crippen LogP contribution is -2.58. The third-order valence-electron chi connectivity index (χ3n) is 12.1. The average Bonchev–Trinajstić information content (AvgIpc) is 4.01. The van der Waals surface area contributed by atoms with Gasteiger partial charge in [0.15, 0.2) is 0 Å². The Morgan fingerprint density at radius 3 is 2.43 bits per heavy atom. The predicted molar refractivity (Wildman–Crippen MR) is 215 cm³/mol. The maximum atomic E-state index is 14.7. The first-order valence-corrected chi connectivity index (χ1v) is 22.1. The summed E-state index contributed by atoms with van der Waals surface area (Å²) in [7, 11) is -2.41. The lowest BCUT2D eigenvalue weighted by atomic mass is 9.96. The van der Waals surface area contributed by atoms with Crippen LogP contribution in [0.4, 0.5) is 4.79 Å². The molecule has 3 aliphatic carbocycles. The van der Waals surface area contributed by atoms with Gasteiger partial charge < -0.3 is 34.5 Å². The zero-order chi connectivity index (χ0) is 41.6. The molecule has 7 rings (SSSR count). The molecular weight excluding hydrogens is 767 g/mol. The number of aromatic nitrogens is 1. The number of hydrogen-bond donors (Lipinski definition) is 3. The Morgan fingerprint density at radius 2 is 1.76 bits per heavy atom. The van der Waals surface area contributed by atoms with Gasteiger partial charge in [-0.05, 0) is 105 Å². The molecule has 5 aliphatic rings. The summed E-state index contributed by atoms with van der Waals surface area (Å²) in [5.74, 6) is -0.863. The fourth-order valence-corrected chi connectivity index (χ4v) is 9.28. The number of ether oxygens (including phenoxy) is 4. The summed E-state index contributed by atoms with van der Waals surface area (Å²) < 4.78 is 51.7. The minimum absolute atomic E-state index is 0.0174. The van der Waals surface area contributed by atoms with Crippen molar-refractivity contribution in [3.05, 3.63) is 35.9 Å². The van der Waals surface area contributed by atoms with Gasteiger partial charge in [0.25, 0.3) is 5.91 Å². The van der Waals surface area contributed by atoms with Gasteiger partial charge in [-0.25, -0.2) is 18.2 Å². The molecule has 0 spiro atoms. The van der Waals surface area contributed by atoms with E-state index in [1.165, 1.54) is 4.90 Å². The number of rotatable bonds is 9. The molecule has 3 N–H and O–H groups in total. The molecule has 3 saturated carbocycles. The highest BCUT2D eigenvalue weighted by Gasteiger charge is 2.63. The zero-order valence-corrected chi connectivity index (χ0v) is 35.2. The zero-order valence-electron chi connectivity index (χ0n) is 34.4. The fraction of sp³-hybridized carbons (Fsp3) is 0.643. The summed E-state index contributed by atoms with van der Waals surface area (Å²) in [6, 6.07) is 3.27. The maximum absolute atomic E-state index is 14.7. The highest BCUT2D eigenvalue weighted by atomic mass is 32.2. The molecule has 2 aliphatic heterocycles.